The average molecular weight is 210 g/mol. The van der Waals surface area contributed by atoms with Crippen molar-refractivity contribution in [2.45, 2.75) is 19.8 Å². The summed E-state index contributed by atoms with van der Waals surface area (Å²) in [5.74, 6) is -0.839. The molecule has 0 aliphatic heterocycles. The Hall–Kier alpha value is -1.29. The predicted molar refractivity (Wildman–Crippen MR) is 59.4 cm³/mol. The van der Waals surface area contributed by atoms with E-state index in [1.807, 2.05) is 14.1 Å². The van der Waals surface area contributed by atoms with E-state index in [0.717, 1.165) is 30.6 Å². The average Bonchev–Trinajstić information content (AvgIpc) is 2.46. The van der Waals surface area contributed by atoms with Crippen LogP contribution in [0.2, 0.25) is 0 Å². The van der Waals surface area contributed by atoms with Gasteiger partial charge in [0.25, 0.3) is 0 Å². The zero-order valence-electron chi connectivity index (χ0n) is 9.50. The van der Waals surface area contributed by atoms with Crippen LogP contribution in [0.1, 0.15) is 28.0 Å². The summed E-state index contributed by atoms with van der Waals surface area (Å²) in [4.78, 5) is 16.0. The van der Waals surface area contributed by atoms with Crippen LogP contribution in [-0.4, -0.2) is 41.6 Å². The molecule has 0 aromatic carbocycles. The lowest BCUT2D eigenvalue weighted by Gasteiger charge is -2.08. The van der Waals surface area contributed by atoms with E-state index in [4.69, 9.17) is 5.11 Å². The first kappa shape index (κ1) is 11.8. The Bertz CT molecular complexity index is 342. The molecular weight excluding hydrogens is 192 g/mol. The van der Waals surface area contributed by atoms with Gasteiger partial charge in [-0.15, -0.1) is 0 Å². The van der Waals surface area contributed by atoms with Crippen molar-refractivity contribution < 1.29 is 9.90 Å². The SMILES string of the molecule is Cc1[nH]cc(CCCN(C)C)c1C(=O)O. The van der Waals surface area contributed by atoms with E-state index in [1.165, 1.54) is 0 Å². The van der Waals surface area contributed by atoms with Crippen LogP contribution in [0.5, 0.6) is 0 Å². The van der Waals surface area contributed by atoms with E-state index in [-0.39, 0.29) is 0 Å². The van der Waals surface area contributed by atoms with Gasteiger partial charge in [-0.3, -0.25) is 0 Å². The van der Waals surface area contributed by atoms with Crippen LogP contribution < -0.4 is 0 Å². The molecule has 4 nitrogen and oxygen atoms in total. The van der Waals surface area contributed by atoms with Crippen molar-refractivity contribution >= 4 is 5.97 Å². The topological polar surface area (TPSA) is 56.3 Å². The van der Waals surface area contributed by atoms with Crippen molar-refractivity contribution in [2.24, 2.45) is 0 Å². The maximum Gasteiger partial charge on any atom is 0.337 e. The minimum atomic E-state index is -0.839. The van der Waals surface area contributed by atoms with Crippen molar-refractivity contribution in [2.75, 3.05) is 20.6 Å². The Balaban J connectivity index is 2.65. The van der Waals surface area contributed by atoms with Gasteiger partial charge >= 0.3 is 5.97 Å². The molecule has 1 aromatic heterocycles. The van der Waals surface area contributed by atoms with Crippen LogP contribution in [0.25, 0.3) is 0 Å². The molecule has 0 aliphatic rings. The summed E-state index contributed by atoms with van der Waals surface area (Å²) >= 11 is 0. The van der Waals surface area contributed by atoms with Crippen LogP contribution in [0, 0.1) is 6.92 Å². The molecule has 0 atom stereocenters. The van der Waals surface area contributed by atoms with Crippen molar-refractivity contribution in [1.82, 2.24) is 9.88 Å². The molecule has 0 aliphatic carbocycles. The number of nitrogens with zero attached hydrogens (tertiary/aromatic N) is 1. The second-order valence-electron chi connectivity index (χ2n) is 4.03. The fourth-order valence-corrected chi connectivity index (χ4v) is 1.66. The van der Waals surface area contributed by atoms with Gasteiger partial charge in [-0.25, -0.2) is 4.79 Å². The lowest BCUT2D eigenvalue weighted by Crippen LogP contribution is -2.14. The highest BCUT2D eigenvalue weighted by atomic mass is 16.4. The summed E-state index contributed by atoms with van der Waals surface area (Å²) in [6, 6.07) is 0. The highest BCUT2D eigenvalue weighted by Crippen LogP contribution is 2.15. The number of carboxylic acids is 1. The summed E-state index contributed by atoms with van der Waals surface area (Å²) in [5.41, 5.74) is 2.08. The molecule has 2 N–H and O–H groups in total. The molecule has 0 saturated carbocycles. The Labute approximate surface area is 89.9 Å². The van der Waals surface area contributed by atoms with Crippen LogP contribution in [-0.2, 0) is 6.42 Å². The molecule has 15 heavy (non-hydrogen) atoms. The third kappa shape index (κ3) is 3.09. The number of carbonyl (C=O) groups is 1. The van der Waals surface area contributed by atoms with E-state index in [9.17, 15) is 4.79 Å². The standard InChI is InChI=1S/C11H18N2O2/c1-8-10(11(14)15)9(7-12-8)5-4-6-13(2)3/h7,12H,4-6H2,1-3H3,(H,14,15). The van der Waals surface area contributed by atoms with Crippen LogP contribution in [0.3, 0.4) is 0 Å². The number of aryl methyl sites for hydroxylation is 2. The number of nitrogens with one attached hydrogen (secondary N) is 1. The maximum atomic E-state index is 11.0. The molecule has 0 bridgehead atoms. The molecule has 1 rings (SSSR count). The van der Waals surface area contributed by atoms with Crippen LogP contribution in [0.4, 0.5) is 0 Å². The molecule has 0 radical (unpaired) electrons. The van der Waals surface area contributed by atoms with Gasteiger partial charge in [0.15, 0.2) is 0 Å². The summed E-state index contributed by atoms with van der Waals surface area (Å²) in [5, 5.41) is 9.01. The van der Waals surface area contributed by atoms with Crippen LogP contribution >= 0.6 is 0 Å². The minimum absolute atomic E-state index is 0.439. The summed E-state index contributed by atoms with van der Waals surface area (Å²) in [6.45, 7) is 2.77. The first-order valence-electron chi connectivity index (χ1n) is 5.07. The quantitative estimate of drug-likeness (QED) is 0.774. The second kappa shape index (κ2) is 4.98. The van der Waals surface area contributed by atoms with E-state index in [1.54, 1.807) is 13.1 Å². The Kier molecular flexibility index (Phi) is 3.91. The molecule has 0 fully saturated rings. The van der Waals surface area contributed by atoms with Crippen molar-refractivity contribution in [3.63, 3.8) is 0 Å². The van der Waals surface area contributed by atoms with Gasteiger partial charge in [-0.1, -0.05) is 0 Å². The number of carboxylic acid groups (broad SMARTS) is 1. The monoisotopic (exact) mass is 210 g/mol. The highest BCUT2D eigenvalue weighted by Gasteiger charge is 2.14. The number of aromatic amines is 1. The van der Waals surface area contributed by atoms with Gasteiger partial charge in [0.1, 0.15) is 0 Å². The number of H-pyrrole nitrogens is 1. The highest BCUT2D eigenvalue weighted by molar-refractivity contribution is 5.90. The largest absolute Gasteiger partial charge is 0.478 e. The zero-order valence-corrected chi connectivity index (χ0v) is 9.50. The number of hydrogen-bond acceptors (Lipinski definition) is 2. The molecule has 0 amide bonds. The van der Waals surface area contributed by atoms with E-state index < -0.39 is 5.97 Å². The molecule has 1 heterocycles. The molecule has 1 aromatic rings. The minimum Gasteiger partial charge on any atom is -0.478 e. The Morgan fingerprint density at radius 1 is 1.53 bits per heavy atom. The molecule has 0 saturated heterocycles. The van der Waals surface area contributed by atoms with Crippen LogP contribution in [0.15, 0.2) is 6.20 Å². The third-order valence-corrected chi connectivity index (χ3v) is 2.42. The van der Waals surface area contributed by atoms with E-state index in [0.29, 0.717) is 5.56 Å². The smallest absolute Gasteiger partial charge is 0.337 e. The molecule has 84 valence electrons. The van der Waals surface area contributed by atoms with Crippen molar-refractivity contribution in [3.05, 3.63) is 23.0 Å². The van der Waals surface area contributed by atoms with Gasteiger partial charge in [-0.05, 0) is 46.0 Å². The molecular formula is C11H18N2O2. The zero-order chi connectivity index (χ0) is 11.4. The number of aromatic nitrogens is 1. The lowest BCUT2D eigenvalue weighted by atomic mass is 10.1. The predicted octanol–water partition coefficient (Wildman–Crippen LogP) is 1.52. The Morgan fingerprint density at radius 3 is 2.73 bits per heavy atom. The first-order valence-corrected chi connectivity index (χ1v) is 5.07. The van der Waals surface area contributed by atoms with Crippen molar-refractivity contribution in [3.8, 4) is 0 Å². The Morgan fingerprint density at radius 2 is 2.20 bits per heavy atom. The van der Waals surface area contributed by atoms with Gasteiger partial charge < -0.3 is 15.0 Å². The number of rotatable bonds is 5. The van der Waals surface area contributed by atoms with Gasteiger partial charge in [-0.2, -0.15) is 0 Å². The lowest BCUT2D eigenvalue weighted by molar-refractivity contribution is 0.0695. The third-order valence-electron chi connectivity index (χ3n) is 2.42. The van der Waals surface area contributed by atoms with Gasteiger partial charge in [0, 0.05) is 11.9 Å². The van der Waals surface area contributed by atoms with E-state index in [2.05, 4.69) is 9.88 Å². The summed E-state index contributed by atoms with van der Waals surface area (Å²) in [7, 11) is 4.03. The maximum absolute atomic E-state index is 11.0. The van der Waals surface area contributed by atoms with Gasteiger partial charge in [0.05, 0.1) is 5.56 Å². The first-order chi connectivity index (χ1) is 7.02. The fraction of sp³-hybridized carbons (Fsp3) is 0.545. The number of aromatic carboxylic acids is 1. The summed E-state index contributed by atoms with van der Waals surface area (Å²) < 4.78 is 0. The van der Waals surface area contributed by atoms with Crippen molar-refractivity contribution in [1.29, 1.82) is 0 Å². The summed E-state index contributed by atoms with van der Waals surface area (Å²) in [6.07, 6.45) is 3.59. The molecule has 0 unspecified atom stereocenters. The molecule has 0 spiro atoms. The van der Waals surface area contributed by atoms with Gasteiger partial charge in [0.2, 0.25) is 0 Å². The fourth-order valence-electron chi connectivity index (χ4n) is 1.66. The molecule has 4 heteroatoms. The normalized spacial score (nSPS) is 10.9. The van der Waals surface area contributed by atoms with E-state index >= 15 is 0 Å². The second-order valence-corrected chi connectivity index (χ2v) is 4.03. The number of hydrogen-bond donors (Lipinski definition) is 2.